The summed E-state index contributed by atoms with van der Waals surface area (Å²) in [4.78, 5) is 12.0. The Labute approximate surface area is 129 Å². The Morgan fingerprint density at radius 3 is 2.62 bits per heavy atom. The average Bonchev–Trinajstić information content (AvgIpc) is 2.82. The summed E-state index contributed by atoms with van der Waals surface area (Å²) in [6.07, 6.45) is 2.21. The number of benzene rings is 1. The summed E-state index contributed by atoms with van der Waals surface area (Å²) < 4.78 is 9.33. The van der Waals surface area contributed by atoms with Crippen LogP contribution in [-0.2, 0) is 11.2 Å². The fourth-order valence-electron chi connectivity index (χ4n) is 2.07. The van der Waals surface area contributed by atoms with Crippen LogP contribution in [0.1, 0.15) is 41.9 Å². The second-order valence-electron chi connectivity index (χ2n) is 4.76. The molecule has 2 rings (SSSR count). The van der Waals surface area contributed by atoms with Gasteiger partial charge in [-0.05, 0) is 49.5 Å². The first-order valence-electron chi connectivity index (χ1n) is 7.15. The van der Waals surface area contributed by atoms with Crippen molar-refractivity contribution < 1.29 is 9.53 Å². The highest BCUT2D eigenvalue weighted by molar-refractivity contribution is 7.10. The van der Waals surface area contributed by atoms with Crippen LogP contribution in [0.25, 0.3) is 0 Å². The third kappa shape index (κ3) is 3.82. The number of ether oxygens (including phenoxy) is 1. The van der Waals surface area contributed by atoms with Gasteiger partial charge in [0, 0.05) is 5.69 Å². The number of carbonyl (C=O) groups is 1. The second kappa shape index (κ2) is 7.22. The van der Waals surface area contributed by atoms with E-state index in [1.807, 2.05) is 19.1 Å². The number of aromatic nitrogens is 1. The molecule has 0 fully saturated rings. The van der Waals surface area contributed by atoms with Crippen LogP contribution in [0.2, 0.25) is 0 Å². The third-order valence-corrected chi connectivity index (χ3v) is 3.95. The number of carbonyl (C=O) groups excluding carboxylic acids is 1. The topological polar surface area (TPSA) is 51.2 Å². The van der Waals surface area contributed by atoms with Crippen LogP contribution in [-0.4, -0.2) is 16.9 Å². The van der Waals surface area contributed by atoms with Crippen molar-refractivity contribution >= 4 is 28.2 Å². The van der Waals surface area contributed by atoms with Crippen molar-refractivity contribution in [3.63, 3.8) is 0 Å². The molecule has 0 aliphatic heterocycles. The van der Waals surface area contributed by atoms with E-state index < -0.39 is 0 Å². The molecule has 0 spiro atoms. The van der Waals surface area contributed by atoms with Crippen LogP contribution in [0.4, 0.5) is 10.7 Å². The first-order valence-corrected chi connectivity index (χ1v) is 7.92. The zero-order valence-electron chi connectivity index (χ0n) is 12.6. The van der Waals surface area contributed by atoms with E-state index in [9.17, 15) is 4.79 Å². The first-order chi connectivity index (χ1) is 10.2. The Bertz CT molecular complexity index is 605. The van der Waals surface area contributed by atoms with Crippen LogP contribution in [0.3, 0.4) is 0 Å². The number of hydrogen-bond donors (Lipinski definition) is 1. The van der Waals surface area contributed by atoms with Gasteiger partial charge in [-0.1, -0.05) is 25.5 Å². The summed E-state index contributed by atoms with van der Waals surface area (Å²) in [7, 11) is 0. The fraction of sp³-hybridized carbons (Fsp3) is 0.375. The number of rotatable bonds is 6. The van der Waals surface area contributed by atoms with E-state index in [4.69, 9.17) is 4.74 Å². The molecule has 0 atom stereocenters. The average molecular weight is 304 g/mol. The van der Waals surface area contributed by atoms with Crippen LogP contribution >= 0.6 is 11.5 Å². The lowest BCUT2D eigenvalue weighted by Crippen LogP contribution is -2.07. The Kier molecular flexibility index (Phi) is 5.33. The summed E-state index contributed by atoms with van der Waals surface area (Å²) >= 11 is 1.28. The van der Waals surface area contributed by atoms with Gasteiger partial charge in [-0.2, -0.15) is 4.37 Å². The predicted molar refractivity (Wildman–Crippen MR) is 86.5 cm³/mol. The van der Waals surface area contributed by atoms with Crippen molar-refractivity contribution in [1.82, 2.24) is 4.37 Å². The monoisotopic (exact) mass is 304 g/mol. The van der Waals surface area contributed by atoms with Gasteiger partial charge in [0.1, 0.15) is 10.6 Å². The lowest BCUT2D eigenvalue weighted by Gasteiger charge is -2.08. The summed E-state index contributed by atoms with van der Waals surface area (Å²) in [6.45, 7) is 6.14. The minimum Gasteiger partial charge on any atom is -0.462 e. The van der Waals surface area contributed by atoms with Gasteiger partial charge in [-0.25, -0.2) is 4.79 Å². The number of aryl methyl sites for hydroxylation is 2. The Balaban J connectivity index is 2.17. The normalized spacial score (nSPS) is 10.4. The van der Waals surface area contributed by atoms with Gasteiger partial charge < -0.3 is 10.1 Å². The largest absolute Gasteiger partial charge is 0.462 e. The zero-order valence-corrected chi connectivity index (χ0v) is 13.4. The second-order valence-corrected chi connectivity index (χ2v) is 5.54. The molecule has 0 saturated heterocycles. The Morgan fingerprint density at radius 2 is 2.00 bits per heavy atom. The summed E-state index contributed by atoms with van der Waals surface area (Å²) in [5, 5.41) is 3.99. The molecule has 0 unspecified atom stereocenters. The molecule has 1 N–H and O–H groups in total. The molecule has 0 aliphatic carbocycles. The lowest BCUT2D eigenvalue weighted by molar-refractivity contribution is 0.0527. The molecule has 0 bridgehead atoms. The van der Waals surface area contributed by atoms with E-state index in [0.717, 1.165) is 23.5 Å². The van der Waals surface area contributed by atoms with Crippen molar-refractivity contribution in [2.45, 2.75) is 33.6 Å². The Morgan fingerprint density at radius 1 is 1.29 bits per heavy atom. The third-order valence-electron chi connectivity index (χ3n) is 3.09. The number of anilines is 2. The van der Waals surface area contributed by atoms with E-state index in [-0.39, 0.29) is 5.97 Å². The van der Waals surface area contributed by atoms with Crippen molar-refractivity contribution in [3.05, 3.63) is 41.1 Å². The molecule has 1 aromatic heterocycles. The van der Waals surface area contributed by atoms with Gasteiger partial charge >= 0.3 is 5.97 Å². The summed E-state index contributed by atoms with van der Waals surface area (Å²) in [5.74, 6) is -0.325. The van der Waals surface area contributed by atoms with Crippen LogP contribution < -0.4 is 5.32 Å². The quantitative estimate of drug-likeness (QED) is 0.807. The SMILES string of the molecule is CCCc1ccc(Nc2snc(C)c2C(=O)OCC)cc1. The van der Waals surface area contributed by atoms with Crippen LogP contribution in [0.5, 0.6) is 0 Å². The maximum atomic E-state index is 12.0. The van der Waals surface area contributed by atoms with E-state index in [0.29, 0.717) is 17.9 Å². The van der Waals surface area contributed by atoms with E-state index >= 15 is 0 Å². The maximum absolute atomic E-state index is 12.0. The minimum absolute atomic E-state index is 0.325. The van der Waals surface area contributed by atoms with Crippen molar-refractivity contribution in [1.29, 1.82) is 0 Å². The molecule has 0 saturated carbocycles. The lowest BCUT2D eigenvalue weighted by atomic mass is 10.1. The van der Waals surface area contributed by atoms with Crippen molar-refractivity contribution in [2.75, 3.05) is 11.9 Å². The summed E-state index contributed by atoms with van der Waals surface area (Å²) in [5.41, 5.74) is 3.49. The highest BCUT2D eigenvalue weighted by Crippen LogP contribution is 2.28. The van der Waals surface area contributed by atoms with E-state index in [2.05, 4.69) is 28.7 Å². The van der Waals surface area contributed by atoms with Crippen molar-refractivity contribution in [2.24, 2.45) is 0 Å². The number of hydrogen-bond acceptors (Lipinski definition) is 5. The number of nitrogens with one attached hydrogen (secondary N) is 1. The minimum atomic E-state index is -0.325. The molecule has 0 radical (unpaired) electrons. The molecule has 0 aliphatic rings. The Hall–Kier alpha value is -1.88. The van der Waals surface area contributed by atoms with Crippen LogP contribution in [0.15, 0.2) is 24.3 Å². The van der Waals surface area contributed by atoms with Crippen LogP contribution in [0, 0.1) is 6.92 Å². The predicted octanol–water partition coefficient (Wildman–Crippen LogP) is 4.32. The van der Waals surface area contributed by atoms with Crippen molar-refractivity contribution in [3.8, 4) is 0 Å². The van der Waals surface area contributed by atoms with E-state index in [1.54, 1.807) is 6.92 Å². The standard InChI is InChI=1S/C16H20N2O2S/c1-4-6-12-7-9-13(10-8-12)17-15-14(11(3)18-21-15)16(19)20-5-2/h7-10,17H,4-6H2,1-3H3. The highest BCUT2D eigenvalue weighted by Gasteiger charge is 2.19. The fourth-order valence-corrected chi connectivity index (χ4v) is 2.88. The number of nitrogens with zero attached hydrogens (tertiary/aromatic N) is 1. The molecule has 21 heavy (non-hydrogen) atoms. The maximum Gasteiger partial charge on any atom is 0.343 e. The molecule has 0 amide bonds. The molecule has 112 valence electrons. The molecule has 5 heteroatoms. The highest BCUT2D eigenvalue weighted by atomic mass is 32.1. The molecular weight excluding hydrogens is 284 g/mol. The first kappa shape index (κ1) is 15.5. The van der Waals surface area contributed by atoms with Gasteiger partial charge in [0.15, 0.2) is 0 Å². The zero-order chi connectivity index (χ0) is 15.2. The molecule has 1 heterocycles. The van der Waals surface area contributed by atoms with Gasteiger partial charge in [-0.3, -0.25) is 0 Å². The van der Waals surface area contributed by atoms with Gasteiger partial charge in [-0.15, -0.1) is 0 Å². The molecular formula is C16H20N2O2S. The smallest absolute Gasteiger partial charge is 0.343 e. The number of esters is 1. The molecule has 2 aromatic rings. The molecule has 1 aromatic carbocycles. The van der Waals surface area contributed by atoms with Gasteiger partial charge in [0.05, 0.1) is 12.3 Å². The van der Waals surface area contributed by atoms with E-state index in [1.165, 1.54) is 17.1 Å². The van der Waals surface area contributed by atoms with Gasteiger partial charge in [0.25, 0.3) is 0 Å². The summed E-state index contributed by atoms with van der Waals surface area (Å²) in [6, 6.07) is 8.25. The molecule has 4 nitrogen and oxygen atoms in total. The van der Waals surface area contributed by atoms with Gasteiger partial charge in [0.2, 0.25) is 0 Å².